The number of halogens is 2. The van der Waals surface area contributed by atoms with Crippen molar-refractivity contribution in [1.82, 2.24) is 0 Å². The Morgan fingerprint density at radius 1 is 0.893 bits per heavy atom. The number of aliphatic hydroxyl groups excluding tert-OH is 2. The quantitative estimate of drug-likeness (QED) is 0.763. The minimum atomic E-state index is -1.14. The van der Waals surface area contributed by atoms with E-state index in [-0.39, 0.29) is 6.61 Å². The van der Waals surface area contributed by atoms with Crippen LogP contribution in [0.2, 0.25) is 10.0 Å². The van der Waals surface area contributed by atoms with E-state index in [0.29, 0.717) is 21.2 Å². The third-order valence-corrected chi connectivity index (χ3v) is 5.53. The molecule has 8 heteroatoms. The number of benzene rings is 2. The van der Waals surface area contributed by atoms with Gasteiger partial charge < -0.3 is 29.2 Å². The average molecular weight is 427 g/mol. The summed E-state index contributed by atoms with van der Waals surface area (Å²) < 4.78 is 23.7. The zero-order chi connectivity index (χ0) is 19.7. The summed E-state index contributed by atoms with van der Waals surface area (Å²) in [4.78, 5) is 0. The molecule has 0 saturated carbocycles. The molecule has 0 amide bonds. The molecule has 2 aliphatic rings. The van der Waals surface area contributed by atoms with Gasteiger partial charge in [0, 0.05) is 21.2 Å². The maximum Gasteiger partial charge on any atom is 0.186 e. The van der Waals surface area contributed by atoms with Gasteiger partial charge in [-0.3, -0.25) is 0 Å². The fourth-order valence-electron chi connectivity index (χ4n) is 3.42. The highest BCUT2D eigenvalue weighted by molar-refractivity contribution is 6.31. The van der Waals surface area contributed by atoms with E-state index in [1.54, 1.807) is 24.3 Å². The topological polar surface area (TPSA) is 77.4 Å². The van der Waals surface area contributed by atoms with E-state index in [0.717, 1.165) is 0 Å². The summed E-state index contributed by atoms with van der Waals surface area (Å²) in [5, 5.41) is 20.7. The Kier molecular flexibility index (Phi) is 6.20. The van der Waals surface area contributed by atoms with Crippen LogP contribution in [0.4, 0.5) is 0 Å². The van der Waals surface area contributed by atoms with Crippen LogP contribution < -0.4 is 0 Å². The van der Waals surface area contributed by atoms with Gasteiger partial charge in [0.25, 0.3) is 0 Å². The standard InChI is InChI=1S/C20H20Cl2O6/c21-13-7-3-1-5-11(13)19-25-10-16(26-19)18-17(15(24)9-23)27-20(28-18)12-6-2-4-8-14(12)22/h1-8,15-20,23-24H,9-10H2/t15-,16+,17-,18-,19?,20?/m0/s1. The van der Waals surface area contributed by atoms with Crippen molar-refractivity contribution in [2.75, 3.05) is 13.2 Å². The molecule has 28 heavy (non-hydrogen) atoms. The van der Waals surface area contributed by atoms with Gasteiger partial charge in [-0.05, 0) is 12.1 Å². The fraction of sp³-hybridized carbons (Fsp3) is 0.400. The maximum absolute atomic E-state index is 10.2. The van der Waals surface area contributed by atoms with E-state index in [1.165, 1.54) is 0 Å². The Hall–Kier alpha value is -1.22. The van der Waals surface area contributed by atoms with Crippen molar-refractivity contribution in [2.24, 2.45) is 0 Å². The highest BCUT2D eigenvalue weighted by atomic mass is 35.5. The number of hydrogen-bond acceptors (Lipinski definition) is 6. The number of ether oxygens (including phenoxy) is 4. The predicted molar refractivity (Wildman–Crippen MR) is 102 cm³/mol. The SMILES string of the molecule is OC[C@H](O)[C@@H]1OC(c2ccccc2Cl)O[C@H]1[C@H]1COC(c2ccccc2Cl)O1. The van der Waals surface area contributed by atoms with E-state index in [1.807, 2.05) is 24.3 Å². The minimum absolute atomic E-state index is 0.230. The van der Waals surface area contributed by atoms with Crippen molar-refractivity contribution in [3.05, 3.63) is 69.7 Å². The molecule has 2 fully saturated rings. The Morgan fingerprint density at radius 3 is 2.11 bits per heavy atom. The van der Waals surface area contributed by atoms with Gasteiger partial charge in [-0.1, -0.05) is 59.6 Å². The largest absolute Gasteiger partial charge is 0.394 e. The van der Waals surface area contributed by atoms with Gasteiger partial charge >= 0.3 is 0 Å². The van der Waals surface area contributed by atoms with Crippen molar-refractivity contribution < 1.29 is 29.2 Å². The first kappa shape index (κ1) is 20.1. The molecular weight excluding hydrogens is 407 g/mol. The summed E-state index contributed by atoms with van der Waals surface area (Å²) in [7, 11) is 0. The molecule has 0 spiro atoms. The zero-order valence-corrected chi connectivity index (χ0v) is 16.3. The number of aliphatic hydroxyl groups is 2. The van der Waals surface area contributed by atoms with E-state index < -0.39 is 43.6 Å². The molecule has 2 N–H and O–H groups in total. The molecule has 6 atom stereocenters. The highest BCUT2D eigenvalue weighted by Gasteiger charge is 2.48. The Bertz CT molecular complexity index is 819. The third-order valence-electron chi connectivity index (χ3n) is 4.85. The monoisotopic (exact) mass is 426 g/mol. The zero-order valence-electron chi connectivity index (χ0n) is 14.8. The van der Waals surface area contributed by atoms with Crippen molar-refractivity contribution in [1.29, 1.82) is 0 Å². The van der Waals surface area contributed by atoms with Crippen LogP contribution in [0.5, 0.6) is 0 Å². The van der Waals surface area contributed by atoms with Crippen LogP contribution in [-0.4, -0.2) is 47.8 Å². The molecular formula is C20H20Cl2O6. The van der Waals surface area contributed by atoms with Gasteiger partial charge in [0.15, 0.2) is 12.6 Å². The molecule has 0 radical (unpaired) electrons. The summed E-state index contributed by atoms with van der Waals surface area (Å²) >= 11 is 12.5. The van der Waals surface area contributed by atoms with Gasteiger partial charge in [-0.25, -0.2) is 0 Å². The molecule has 4 rings (SSSR count). The first-order valence-corrected chi connectivity index (χ1v) is 9.70. The predicted octanol–water partition coefficient (Wildman–Crippen LogP) is 3.24. The minimum Gasteiger partial charge on any atom is -0.394 e. The molecule has 0 bridgehead atoms. The van der Waals surface area contributed by atoms with Gasteiger partial charge in [0.2, 0.25) is 0 Å². The molecule has 6 nitrogen and oxygen atoms in total. The molecule has 150 valence electrons. The van der Waals surface area contributed by atoms with Crippen LogP contribution in [0.3, 0.4) is 0 Å². The second kappa shape index (κ2) is 8.65. The molecule has 0 aliphatic carbocycles. The van der Waals surface area contributed by atoms with Gasteiger partial charge in [-0.15, -0.1) is 0 Å². The lowest BCUT2D eigenvalue weighted by molar-refractivity contribution is -0.107. The van der Waals surface area contributed by atoms with Crippen molar-refractivity contribution in [3.8, 4) is 0 Å². The Balaban J connectivity index is 1.53. The Labute approximate surface area is 172 Å². The van der Waals surface area contributed by atoms with Crippen molar-refractivity contribution >= 4 is 23.2 Å². The van der Waals surface area contributed by atoms with Crippen LogP contribution in [0.15, 0.2) is 48.5 Å². The van der Waals surface area contributed by atoms with E-state index in [9.17, 15) is 10.2 Å². The fourth-order valence-corrected chi connectivity index (χ4v) is 3.87. The van der Waals surface area contributed by atoms with Gasteiger partial charge in [0.05, 0.1) is 13.2 Å². The van der Waals surface area contributed by atoms with Crippen LogP contribution in [-0.2, 0) is 18.9 Å². The first-order valence-electron chi connectivity index (χ1n) is 8.94. The van der Waals surface area contributed by atoms with E-state index in [4.69, 9.17) is 42.1 Å². The molecule has 2 aromatic carbocycles. The maximum atomic E-state index is 10.2. The summed E-state index contributed by atoms with van der Waals surface area (Å²) in [6.45, 7) is -0.241. The summed E-state index contributed by atoms with van der Waals surface area (Å²) in [5.41, 5.74) is 1.36. The Morgan fingerprint density at radius 2 is 1.50 bits per heavy atom. The second-order valence-corrected chi connectivity index (χ2v) is 7.48. The second-order valence-electron chi connectivity index (χ2n) is 6.67. The summed E-state index contributed by atoms with van der Waals surface area (Å²) in [5.74, 6) is 0. The lowest BCUT2D eigenvalue weighted by Gasteiger charge is -2.24. The van der Waals surface area contributed by atoms with Crippen LogP contribution in [0.1, 0.15) is 23.7 Å². The van der Waals surface area contributed by atoms with Gasteiger partial charge in [-0.2, -0.15) is 0 Å². The third kappa shape index (κ3) is 3.92. The highest BCUT2D eigenvalue weighted by Crippen LogP contribution is 2.41. The lowest BCUT2D eigenvalue weighted by atomic mass is 10.0. The first-order chi connectivity index (χ1) is 13.6. The molecule has 2 heterocycles. The molecule has 2 unspecified atom stereocenters. The lowest BCUT2D eigenvalue weighted by Crippen LogP contribution is -2.44. The van der Waals surface area contributed by atoms with E-state index >= 15 is 0 Å². The summed E-state index contributed by atoms with van der Waals surface area (Å²) in [6, 6.07) is 14.4. The van der Waals surface area contributed by atoms with Crippen LogP contribution >= 0.6 is 23.2 Å². The smallest absolute Gasteiger partial charge is 0.186 e. The average Bonchev–Trinajstić information content (AvgIpc) is 3.35. The molecule has 2 saturated heterocycles. The number of rotatable bonds is 5. The normalized spacial score (nSPS) is 31.2. The molecule has 2 aromatic rings. The van der Waals surface area contributed by atoms with Crippen LogP contribution in [0.25, 0.3) is 0 Å². The van der Waals surface area contributed by atoms with Gasteiger partial charge in [0.1, 0.15) is 24.4 Å². The molecule has 0 aromatic heterocycles. The number of hydrogen-bond donors (Lipinski definition) is 2. The molecule has 2 aliphatic heterocycles. The van der Waals surface area contributed by atoms with Crippen molar-refractivity contribution in [3.63, 3.8) is 0 Å². The van der Waals surface area contributed by atoms with E-state index in [2.05, 4.69) is 0 Å². The summed E-state index contributed by atoms with van der Waals surface area (Å²) in [6.07, 6.45) is -4.54. The van der Waals surface area contributed by atoms with Crippen molar-refractivity contribution in [2.45, 2.75) is 37.0 Å². The van der Waals surface area contributed by atoms with Crippen LogP contribution in [0, 0.1) is 0 Å².